The van der Waals surface area contributed by atoms with E-state index < -0.39 is 0 Å². The van der Waals surface area contributed by atoms with Crippen molar-refractivity contribution in [2.24, 2.45) is 0 Å². The smallest absolute Gasteiger partial charge is 0.270 e. The molecule has 7 nitrogen and oxygen atoms in total. The fraction of sp³-hybridized carbons (Fsp3) is 0.421. The monoisotopic (exact) mass is 358 g/mol. The van der Waals surface area contributed by atoms with Gasteiger partial charge in [-0.3, -0.25) is 4.79 Å². The first-order chi connectivity index (χ1) is 12.6. The Morgan fingerprint density at radius 1 is 1.19 bits per heavy atom. The Bertz CT molecular complexity index is 691. The molecule has 0 unspecified atom stereocenters. The van der Waals surface area contributed by atoms with Crippen molar-refractivity contribution in [2.75, 3.05) is 38.8 Å². The van der Waals surface area contributed by atoms with Crippen LogP contribution in [0.25, 0.3) is 0 Å². The number of amides is 1. The molecule has 2 rings (SSSR count). The van der Waals surface area contributed by atoms with Gasteiger partial charge in [0.15, 0.2) is 0 Å². The minimum atomic E-state index is -0.240. The first-order valence-corrected chi connectivity index (χ1v) is 8.72. The average Bonchev–Trinajstić information content (AvgIpc) is 2.69. The summed E-state index contributed by atoms with van der Waals surface area (Å²) in [5, 5.41) is 2.80. The summed E-state index contributed by atoms with van der Waals surface area (Å²) in [5.74, 6) is 2.00. The van der Waals surface area contributed by atoms with Crippen molar-refractivity contribution in [2.45, 2.75) is 19.8 Å². The number of aromatic nitrogens is 2. The van der Waals surface area contributed by atoms with E-state index in [1.54, 1.807) is 13.2 Å². The molecule has 0 aliphatic heterocycles. The predicted octanol–water partition coefficient (Wildman–Crippen LogP) is 2.53. The molecule has 1 aromatic carbocycles. The second kappa shape index (κ2) is 10.2. The maximum absolute atomic E-state index is 12.2. The van der Waals surface area contributed by atoms with Crippen LogP contribution >= 0.6 is 0 Å². The third-order valence-corrected chi connectivity index (χ3v) is 3.84. The molecular formula is C19H26N4O3. The third kappa shape index (κ3) is 5.91. The van der Waals surface area contributed by atoms with Gasteiger partial charge in [0.2, 0.25) is 0 Å². The van der Waals surface area contributed by atoms with E-state index >= 15 is 0 Å². The number of benzene rings is 1. The largest absolute Gasteiger partial charge is 0.497 e. The molecule has 1 aromatic heterocycles. The van der Waals surface area contributed by atoms with Gasteiger partial charge < -0.3 is 19.7 Å². The quantitative estimate of drug-likeness (QED) is 0.658. The number of carbonyl (C=O) groups is 1. The van der Waals surface area contributed by atoms with Gasteiger partial charge in [-0.15, -0.1) is 0 Å². The Balaban J connectivity index is 1.80. The van der Waals surface area contributed by atoms with Crippen LogP contribution in [0.1, 0.15) is 30.3 Å². The lowest BCUT2D eigenvalue weighted by Gasteiger charge is -2.17. The minimum absolute atomic E-state index is 0.240. The Morgan fingerprint density at radius 3 is 2.62 bits per heavy atom. The van der Waals surface area contributed by atoms with Crippen LogP contribution in [0, 0.1) is 0 Å². The SMILES string of the molecule is CCCCN(C)c1cc(C(=O)NCCOc2ccc(OC)cc2)ncn1. The van der Waals surface area contributed by atoms with Crippen LogP contribution in [0.4, 0.5) is 5.82 Å². The van der Waals surface area contributed by atoms with Crippen molar-refractivity contribution in [1.29, 1.82) is 0 Å². The zero-order valence-corrected chi connectivity index (χ0v) is 15.6. The van der Waals surface area contributed by atoms with Crippen LogP contribution in [0.15, 0.2) is 36.7 Å². The topological polar surface area (TPSA) is 76.6 Å². The number of unbranched alkanes of at least 4 members (excludes halogenated alkanes) is 1. The summed E-state index contributed by atoms with van der Waals surface area (Å²) in [6.07, 6.45) is 3.60. The second-order valence-corrected chi connectivity index (χ2v) is 5.82. The van der Waals surface area contributed by atoms with Gasteiger partial charge in [0.25, 0.3) is 5.91 Å². The van der Waals surface area contributed by atoms with Crippen LogP contribution in [-0.2, 0) is 0 Å². The van der Waals surface area contributed by atoms with Crippen LogP contribution in [0.3, 0.4) is 0 Å². The number of methoxy groups -OCH3 is 1. The van der Waals surface area contributed by atoms with E-state index in [1.807, 2.05) is 36.2 Å². The molecular weight excluding hydrogens is 332 g/mol. The molecule has 0 fully saturated rings. The lowest BCUT2D eigenvalue weighted by molar-refractivity contribution is 0.0942. The molecule has 0 aliphatic rings. The second-order valence-electron chi connectivity index (χ2n) is 5.82. The minimum Gasteiger partial charge on any atom is -0.497 e. The highest BCUT2D eigenvalue weighted by atomic mass is 16.5. The number of ether oxygens (including phenoxy) is 2. The summed E-state index contributed by atoms with van der Waals surface area (Å²) < 4.78 is 10.7. The highest BCUT2D eigenvalue weighted by Crippen LogP contribution is 2.16. The van der Waals surface area contributed by atoms with E-state index in [9.17, 15) is 4.79 Å². The van der Waals surface area contributed by atoms with Gasteiger partial charge in [0, 0.05) is 19.7 Å². The predicted molar refractivity (Wildman–Crippen MR) is 101 cm³/mol. The van der Waals surface area contributed by atoms with Crippen LogP contribution in [-0.4, -0.2) is 49.7 Å². The van der Waals surface area contributed by atoms with Crippen molar-refractivity contribution in [3.8, 4) is 11.5 Å². The van der Waals surface area contributed by atoms with Crippen molar-refractivity contribution in [3.05, 3.63) is 42.4 Å². The van der Waals surface area contributed by atoms with Crippen molar-refractivity contribution in [1.82, 2.24) is 15.3 Å². The zero-order chi connectivity index (χ0) is 18.8. The fourth-order valence-corrected chi connectivity index (χ4v) is 2.29. The van der Waals surface area contributed by atoms with Gasteiger partial charge in [-0.2, -0.15) is 0 Å². The van der Waals surface area contributed by atoms with Gasteiger partial charge in [-0.25, -0.2) is 9.97 Å². The first kappa shape index (κ1) is 19.5. The van der Waals surface area contributed by atoms with Gasteiger partial charge in [-0.1, -0.05) is 13.3 Å². The van der Waals surface area contributed by atoms with Crippen LogP contribution < -0.4 is 19.7 Å². The molecule has 1 heterocycles. The number of nitrogens with zero attached hydrogens (tertiary/aromatic N) is 3. The molecule has 1 N–H and O–H groups in total. The molecule has 2 aromatic rings. The summed E-state index contributed by atoms with van der Waals surface area (Å²) in [4.78, 5) is 22.5. The molecule has 0 atom stereocenters. The molecule has 140 valence electrons. The average molecular weight is 358 g/mol. The van der Waals surface area contributed by atoms with Gasteiger partial charge in [0.1, 0.15) is 35.9 Å². The number of carbonyl (C=O) groups excluding carboxylic acids is 1. The number of rotatable bonds is 10. The summed E-state index contributed by atoms with van der Waals surface area (Å²) in [7, 11) is 3.58. The van der Waals surface area contributed by atoms with E-state index in [0.717, 1.165) is 36.7 Å². The molecule has 0 spiro atoms. The normalized spacial score (nSPS) is 10.3. The van der Waals surface area contributed by atoms with Crippen molar-refractivity contribution >= 4 is 11.7 Å². The van der Waals surface area contributed by atoms with Crippen molar-refractivity contribution in [3.63, 3.8) is 0 Å². The Kier molecular flexibility index (Phi) is 7.67. The van der Waals surface area contributed by atoms with Gasteiger partial charge in [-0.05, 0) is 30.7 Å². The third-order valence-electron chi connectivity index (χ3n) is 3.84. The molecule has 0 aliphatic carbocycles. The summed E-state index contributed by atoms with van der Waals surface area (Å²) >= 11 is 0. The summed E-state index contributed by atoms with van der Waals surface area (Å²) in [5.41, 5.74) is 0.350. The van der Waals surface area contributed by atoms with E-state index in [1.165, 1.54) is 6.33 Å². The Morgan fingerprint density at radius 2 is 1.92 bits per heavy atom. The van der Waals surface area contributed by atoms with E-state index in [4.69, 9.17) is 9.47 Å². The van der Waals surface area contributed by atoms with E-state index in [0.29, 0.717) is 18.8 Å². The first-order valence-electron chi connectivity index (χ1n) is 8.72. The van der Waals surface area contributed by atoms with Crippen LogP contribution in [0.2, 0.25) is 0 Å². The van der Waals surface area contributed by atoms with E-state index in [2.05, 4.69) is 22.2 Å². The van der Waals surface area contributed by atoms with E-state index in [-0.39, 0.29) is 5.91 Å². The number of hydrogen-bond donors (Lipinski definition) is 1. The maximum atomic E-state index is 12.2. The van der Waals surface area contributed by atoms with Gasteiger partial charge in [0.05, 0.1) is 13.7 Å². The summed E-state index contributed by atoms with van der Waals surface area (Å²) in [6.45, 7) is 3.78. The number of hydrogen-bond acceptors (Lipinski definition) is 6. The molecule has 1 amide bonds. The molecule has 0 bridgehead atoms. The molecule has 0 saturated heterocycles. The lowest BCUT2D eigenvalue weighted by atomic mass is 10.3. The molecule has 0 radical (unpaired) electrons. The highest BCUT2D eigenvalue weighted by molar-refractivity contribution is 5.92. The molecule has 0 saturated carbocycles. The lowest BCUT2D eigenvalue weighted by Crippen LogP contribution is -2.29. The molecule has 7 heteroatoms. The van der Waals surface area contributed by atoms with Crippen LogP contribution in [0.5, 0.6) is 11.5 Å². The fourth-order valence-electron chi connectivity index (χ4n) is 2.29. The molecule has 26 heavy (non-hydrogen) atoms. The standard InChI is InChI=1S/C19H26N4O3/c1-4-5-11-23(2)18-13-17(21-14-22-18)19(24)20-10-12-26-16-8-6-15(25-3)7-9-16/h6-9,13-14H,4-5,10-12H2,1-3H3,(H,20,24). The number of anilines is 1. The van der Waals surface area contributed by atoms with Gasteiger partial charge >= 0.3 is 0 Å². The Labute approximate surface area is 154 Å². The summed E-state index contributed by atoms with van der Waals surface area (Å²) in [6, 6.07) is 9.00. The maximum Gasteiger partial charge on any atom is 0.270 e. The number of nitrogens with one attached hydrogen (secondary N) is 1. The van der Waals surface area contributed by atoms with Crippen molar-refractivity contribution < 1.29 is 14.3 Å². The highest BCUT2D eigenvalue weighted by Gasteiger charge is 2.10. The zero-order valence-electron chi connectivity index (χ0n) is 15.6. The Hall–Kier alpha value is -2.83.